The molecule has 3 atom stereocenters. The molecule has 9 heteroatoms. The Kier molecular flexibility index (Phi) is 6.57. The molecule has 2 aromatic carbocycles. The van der Waals surface area contributed by atoms with Crippen molar-refractivity contribution in [3.05, 3.63) is 70.9 Å². The van der Waals surface area contributed by atoms with Gasteiger partial charge in [0.25, 0.3) is 11.8 Å². The van der Waals surface area contributed by atoms with Crippen LogP contribution in [0, 0.1) is 11.8 Å². The van der Waals surface area contributed by atoms with Gasteiger partial charge in [-0.3, -0.25) is 14.5 Å². The van der Waals surface area contributed by atoms with Crippen molar-refractivity contribution in [1.82, 2.24) is 15.4 Å². The molecule has 5 rings (SSSR count). The molecule has 0 saturated carbocycles. The number of imide groups is 1. The van der Waals surface area contributed by atoms with E-state index < -0.39 is 23.8 Å². The summed E-state index contributed by atoms with van der Waals surface area (Å²) in [7, 11) is 1.24. The number of hydrogen-bond acceptors (Lipinski definition) is 7. The minimum atomic E-state index is -1.10. The third-order valence-corrected chi connectivity index (χ3v) is 6.52. The first kappa shape index (κ1) is 23.8. The lowest BCUT2D eigenvalue weighted by Gasteiger charge is -2.23. The molecule has 184 valence electrons. The first-order chi connectivity index (χ1) is 17.5. The molecule has 2 amide bonds. The number of ether oxygens (including phenoxy) is 2. The van der Waals surface area contributed by atoms with E-state index in [0.717, 1.165) is 39.8 Å². The lowest BCUT2D eigenvalue weighted by Crippen LogP contribution is -2.46. The molecule has 3 N–H and O–H groups in total. The van der Waals surface area contributed by atoms with E-state index in [0.29, 0.717) is 6.42 Å². The average molecular weight is 488 g/mol. The molecule has 3 aromatic rings. The average Bonchev–Trinajstić information content (AvgIpc) is 3.49. The number of H-pyrrole nitrogens is 1. The molecular formula is C27H25N3O6. The summed E-state index contributed by atoms with van der Waals surface area (Å²) in [6.45, 7) is 0. The molecule has 2 aliphatic heterocycles. The van der Waals surface area contributed by atoms with E-state index in [1.807, 2.05) is 18.2 Å². The highest BCUT2D eigenvalue weighted by Gasteiger charge is 2.43. The van der Waals surface area contributed by atoms with Gasteiger partial charge in [0.15, 0.2) is 6.23 Å². The Labute approximate surface area is 207 Å². The summed E-state index contributed by atoms with van der Waals surface area (Å²) in [6, 6.07) is 11.2. The predicted octanol–water partition coefficient (Wildman–Crippen LogP) is 2.77. The van der Waals surface area contributed by atoms with Gasteiger partial charge in [0.2, 0.25) is 0 Å². The van der Waals surface area contributed by atoms with Crippen LogP contribution in [0.3, 0.4) is 0 Å². The Morgan fingerprint density at radius 2 is 1.97 bits per heavy atom. The number of fused-ring (bicyclic) bond motifs is 2. The summed E-state index contributed by atoms with van der Waals surface area (Å²) in [6.07, 6.45) is 4.03. The predicted molar refractivity (Wildman–Crippen MR) is 129 cm³/mol. The van der Waals surface area contributed by atoms with Crippen molar-refractivity contribution >= 4 is 28.7 Å². The van der Waals surface area contributed by atoms with Gasteiger partial charge in [-0.2, -0.15) is 5.48 Å². The Morgan fingerprint density at radius 3 is 2.64 bits per heavy atom. The summed E-state index contributed by atoms with van der Waals surface area (Å²) < 4.78 is 10.2. The highest BCUT2D eigenvalue weighted by Crippen LogP contribution is 2.29. The van der Waals surface area contributed by atoms with Gasteiger partial charge in [-0.25, -0.2) is 4.79 Å². The van der Waals surface area contributed by atoms with Crippen molar-refractivity contribution in [2.45, 2.75) is 44.1 Å². The van der Waals surface area contributed by atoms with Crippen LogP contribution >= 0.6 is 0 Å². The Hall–Kier alpha value is -3.97. The normalized spacial score (nSPS) is 19.1. The molecule has 0 radical (unpaired) electrons. The molecular weight excluding hydrogens is 462 g/mol. The fraction of sp³-hybridized carbons (Fsp3) is 0.296. The number of methoxy groups -OCH3 is 1. The number of esters is 1. The molecule has 2 unspecified atom stereocenters. The fourth-order valence-electron chi connectivity index (χ4n) is 4.57. The first-order valence-electron chi connectivity index (χ1n) is 11.7. The van der Waals surface area contributed by atoms with E-state index in [1.54, 1.807) is 30.5 Å². The van der Waals surface area contributed by atoms with Crippen molar-refractivity contribution in [3.8, 4) is 11.8 Å². The maximum atomic E-state index is 13.0. The number of aromatic amines is 1. The lowest BCUT2D eigenvalue weighted by atomic mass is 10.0. The summed E-state index contributed by atoms with van der Waals surface area (Å²) in [5.74, 6) is 4.65. The van der Waals surface area contributed by atoms with Crippen molar-refractivity contribution < 1.29 is 29.1 Å². The molecule has 1 aromatic heterocycles. The van der Waals surface area contributed by atoms with Crippen LogP contribution in [0.25, 0.3) is 10.9 Å². The highest BCUT2D eigenvalue weighted by atomic mass is 16.7. The van der Waals surface area contributed by atoms with Crippen LogP contribution in [-0.2, 0) is 20.7 Å². The van der Waals surface area contributed by atoms with Crippen LogP contribution in [-0.4, -0.2) is 58.4 Å². The van der Waals surface area contributed by atoms with Crippen LogP contribution in [0.15, 0.2) is 48.7 Å². The number of amides is 2. The Bertz CT molecular complexity index is 1370. The zero-order valence-electron chi connectivity index (χ0n) is 19.6. The van der Waals surface area contributed by atoms with E-state index in [9.17, 15) is 14.4 Å². The molecule has 2 aliphatic rings. The van der Waals surface area contributed by atoms with Gasteiger partial charge < -0.3 is 19.7 Å². The maximum absolute atomic E-state index is 13.0. The van der Waals surface area contributed by atoms with Gasteiger partial charge in [0, 0.05) is 35.5 Å². The minimum absolute atomic E-state index is 0.0421. The van der Waals surface area contributed by atoms with Gasteiger partial charge in [-0.1, -0.05) is 24.0 Å². The topological polar surface area (TPSA) is 124 Å². The SMILES string of the molecule is COC(=O)[C@H](Cc1c[nH]c2ccc(C#CCCCC3OC3NO)cc12)N1C(=O)c2ccccc2C1=O. The molecule has 0 bridgehead atoms. The van der Waals surface area contributed by atoms with E-state index >= 15 is 0 Å². The molecule has 0 aliphatic carbocycles. The number of hydrogen-bond donors (Lipinski definition) is 3. The summed E-state index contributed by atoms with van der Waals surface area (Å²) in [4.78, 5) is 43.0. The van der Waals surface area contributed by atoms with Gasteiger partial charge >= 0.3 is 5.97 Å². The van der Waals surface area contributed by atoms with E-state index in [-0.39, 0.29) is 29.9 Å². The lowest BCUT2D eigenvalue weighted by molar-refractivity contribution is -0.145. The number of aromatic nitrogens is 1. The van der Waals surface area contributed by atoms with Crippen molar-refractivity contribution in [3.63, 3.8) is 0 Å². The second-order valence-electron chi connectivity index (χ2n) is 8.76. The van der Waals surface area contributed by atoms with Crippen LogP contribution in [0.2, 0.25) is 0 Å². The van der Waals surface area contributed by atoms with E-state index in [1.165, 1.54) is 7.11 Å². The number of carbonyl (C=O) groups is 3. The smallest absolute Gasteiger partial charge is 0.329 e. The van der Waals surface area contributed by atoms with E-state index in [4.69, 9.17) is 14.7 Å². The monoisotopic (exact) mass is 487 g/mol. The number of unbranched alkanes of at least 4 members (excludes halogenated alkanes) is 1. The highest BCUT2D eigenvalue weighted by molar-refractivity contribution is 6.22. The zero-order chi connectivity index (χ0) is 25.2. The van der Waals surface area contributed by atoms with Crippen molar-refractivity contribution in [2.24, 2.45) is 0 Å². The first-order valence-corrected chi connectivity index (χ1v) is 11.7. The number of rotatable bonds is 8. The van der Waals surface area contributed by atoms with Gasteiger partial charge in [-0.15, -0.1) is 0 Å². The molecule has 1 fully saturated rings. The standard InChI is InChI=1S/C27H25N3O6/c1-35-27(33)22(30-25(31)18-8-5-6-9-19(18)26(30)32)14-17-15-28-21-12-11-16(13-20(17)21)7-3-2-4-10-23-24(29-34)36-23/h5-6,8-9,11-13,15,22-24,28-29,34H,2,4,10,14H2,1H3/t22-,23?,24?/m0/s1. The molecule has 9 nitrogen and oxygen atoms in total. The van der Waals surface area contributed by atoms with Crippen LogP contribution in [0.1, 0.15) is 51.1 Å². The fourth-order valence-corrected chi connectivity index (χ4v) is 4.57. The Balaban J connectivity index is 1.34. The second-order valence-corrected chi connectivity index (χ2v) is 8.76. The minimum Gasteiger partial charge on any atom is -0.467 e. The number of benzene rings is 2. The molecule has 36 heavy (non-hydrogen) atoms. The summed E-state index contributed by atoms with van der Waals surface area (Å²) in [5, 5.41) is 9.64. The quantitative estimate of drug-likeness (QED) is 0.111. The Morgan fingerprint density at radius 1 is 1.22 bits per heavy atom. The number of epoxide rings is 1. The number of nitrogens with one attached hydrogen (secondary N) is 2. The number of hydroxylamine groups is 1. The van der Waals surface area contributed by atoms with Gasteiger partial charge in [0.05, 0.1) is 18.2 Å². The third kappa shape index (κ3) is 4.50. The van der Waals surface area contributed by atoms with Gasteiger partial charge in [-0.05, 0) is 48.7 Å². The second kappa shape index (κ2) is 9.95. The molecule has 3 heterocycles. The van der Waals surface area contributed by atoms with E-state index in [2.05, 4.69) is 22.3 Å². The molecule has 1 saturated heterocycles. The zero-order valence-corrected chi connectivity index (χ0v) is 19.6. The summed E-state index contributed by atoms with van der Waals surface area (Å²) in [5.41, 5.74) is 5.10. The van der Waals surface area contributed by atoms with Crippen LogP contribution in [0.5, 0.6) is 0 Å². The van der Waals surface area contributed by atoms with Gasteiger partial charge in [0.1, 0.15) is 12.1 Å². The van der Waals surface area contributed by atoms with Crippen molar-refractivity contribution in [1.29, 1.82) is 0 Å². The van der Waals surface area contributed by atoms with Crippen molar-refractivity contribution in [2.75, 3.05) is 7.11 Å². The largest absolute Gasteiger partial charge is 0.467 e. The summed E-state index contributed by atoms with van der Waals surface area (Å²) >= 11 is 0. The number of nitrogens with zero attached hydrogens (tertiary/aromatic N) is 1. The maximum Gasteiger partial charge on any atom is 0.329 e. The van der Waals surface area contributed by atoms with Crippen LogP contribution < -0.4 is 5.48 Å². The molecule has 0 spiro atoms. The number of carbonyl (C=O) groups excluding carboxylic acids is 3. The van der Waals surface area contributed by atoms with Crippen LogP contribution in [0.4, 0.5) is 0 Å². The third-order valence-electron chi connectivity index (χ3n) is 6.52.